The number of carbonyl (C=O) groups is 2. The largest absolute Gasteiger partial charge is 0.466 e. The number of halogens is 1. The Balaban J connectivity index is 2.95. The molecule has 0 radical (unpaired) electrons. The first kappa shape index (κ1) is 14.1. The van der Waals surface area contributed by atoms with Crippen molar-refractivity contribution < 1.29 is 19.1 Å². The van der Waals surface area contributed by atoms with Gasteiger partial charge in [-0.15, -0.1) is 0 Å². The molecule has 0 saturated heterocycles. The van der Waals surface area contributed by atoms with Gasteiger partial charge < -0.3 is 14.8 Å². The zero-order chi connectivity index (χ0) is 13.5. The van der Waals surface area contributed by atoms with Crippen LogP contribution in [-0.4, -0.2) is 26.2 Å². The molecule has 0 bridgehead atoms. The molecule has 18 heavy (non-hydrogen) atoms. The third kappa shape index (κ3) is 4.10. The van der Waals surface area contributed by atoms with Gasteiger partial charge in [0.05, 0.1) is 20.3 Å². The van der Waals surface area contributed by atoms with Crippen LogP contribution in [-0.2, 0) is 19.1 Å². The minimum absolute atomic E-state index is 0.0355. The molecule has 5 nitrogen and oxygen atoms in total. The van der Waals surface area contributed by atoms with E-state index in [-0.39, 0.29) is 5.70 Å². The Labute approximate surface area is 109 Å². The number of benzene rings is 1. The second-order valence-electron chi connectivity index (χ2n) is 3.21. The standard InChI is InChI=1S/C12H12ClNO4/c1-17-11(15)7-10(12(16)18-2)14-9-5-3-4-8(13)6-9/h3-7,14H,1-2H3/b10-7-. The summed E-state index contributed by atoms with van der Waals surface area (Å²) in [6.45, 7) is 0. The van der Waals surface area contributed by atoms with Gasteiger partial charge in [0.15, 0.2) is 0 Å². The summed E-state index contributed by atoms with van der Waals surface area (Å²) < 4.78 is 9.00. The Morgan fingerprint density at radius 1 is 1.28 bits per heavy atom. The molecule has 0 aromatic heterocycles. The number of methoxy groups -OCH3 is 2. The van der Waals surface area contributed by atoms with Gasteiger partial charge in [-0.05, 0) is 18.2 Å². The van der Waals surface area contributed by atoms with Crippen LogP contribution >= 0.6 is 11.6 Å². The average Bonchev–Trinajstić information content (AvgIpc) is 2.36. The number of anilines is 1. The predicted octanol–water partition coefficient (Wildman–Crippen LogP) is 1.98. The fourth-order valence-electron chi connectivity index (χ4n) is 1.15. The molecule has 0 unspecified atom stereocenters. The van der Waals surface area contributed by atoms with E-state index in [2.05, 4.69) is 14.8 Å². The molecule has 0 amide bonds. The Morgan fingerprint density at radius 2 is 2.00 bits per heavy atom. The third-order valence-electron chi connectivity index (χ3n) is 1.97. The summed E-state index contributed by atoms with van der Waals surface area (Å²) >= 11 is 5.81. The van der Waals surface area contributed by atoms with E-state index < -0.39 is 11.9 Å². The molecule has 0 saturated carbocycles. The second-order valence-corrected chi connectivity index (χ2v) is 3.64. The second kappa shape index (κ2) is 6.66. The van der Waals surface area contributed by atoms with Crippen LogP contribution in [0.1, 0.15) is 0 Å². The lowest BCUT2D eigenvalue weighted by Gasteiger charge is -2.09. The quantitative estimate of drug-likeness (QED) is 0.669. The normalized spacial score (nSPS) is 10.7. The smallest absolute Gasteiger partial charge is 0.354 e. The first-order chi connectivity index (χ1) is 8.56. The van der Waals surface area contributed by atoms with E-state index in [1.165, 1.54) is 14.2 Å². The average molecular weight is 270 g/mol. The van der Waals surface area contributed by atoms with Crippen LogP contribution in [0.3, 0.4) is 0 Å². The van der Waals surface area contributed by atoms with Crippen LogP contribution in [0.4, 0.5) is 5.69 Å². The molecule has 1 rings (SSSR count). The van der Waals surface area contributed by atoms with Crippen molar-refractivity contribution in [3.8, 4) is 0 Å². The summed E-state index contributed by atoms with van der Waals surface area (Å²) in [6.07, 6.45) is 1.01. The van der Waals surface area contributed by atoms with Gasteiger partial charge in [0, 0.05) is 10.7 Å². The Bertz CT molecular complexity index is 485. The lowest BCUT2D eigenvalue weighted by Crippen LogP contribution is -2.15. The minimum Gasteiger partial charge on any atom is -0.466 e. The first-order valence-electron chi connectivity index (χ1n) is 4.97. The SMILES string of the molecule is COC(=O)/C=C(\Nc1cccc(Cl)c1)C(=O)OC. The van der Waals surface area contributed by atoms with Crippen LogP contribution in [0.25, 0.3) is 0 Å². The highest BCUT2D eigenvalue weighted by Crippen LogP contribution is 2.17. The van der Waals surface area contributed by atoms with E-state index in [0.717, 1.165) is 6.08 Å². The number of nitrogens with one attached hydrogen (secondary N) is 1. The van der Waals surface area contributed by atoms with Gasteiger partial charge in [-0.2, -0.15) is 0 Å². The van der Waals surface area contributed by atoms with Crippen LogP contribution in [0.2, 0.25) is 5.02 Å². The molecular weight excluding hydrogens is 258 g/mol. The Kier molecular flexibility index (Phi) is 5.20. The van der Waals surface area contributed by atoms with E-state index in [9.17, 15) is 9.59 Å². The van der Waals surface area contributed by atoms with E-state index >= 15 is 0 Å². The minimum atomic E-state index is -0.680. The van der Waals surface area contributed by atoms with Gasteiger partial charge >= 0.3 is 11.9 Å². The van der Waals surface area contributed by atoms with Gasteiger partial charge in [0.25, 0.3) is 0 Å². The fourth-order valence-corrected chi connectivity index (χ4v) is 1.34. The molecule has 96 valence electrons. The topological polar surface area (TPSA) is 64.6 Å². The molecular formula is C12H12ClNO4. The fraction of sp³-hybridized carbons (Fsp3) is 0.167. The highest BCUT2D eigenvalue weighted by molar-refractivity contribution is 6.30. The molecule has 0 aliphatic carbocycles. The van der Waals surface area contributed by atoms with Crippen molar-refractivity contribution >= 4 is 29.2 Å². The molecule has 1 aromatic carbocycles. The summed E-state index contributed by atoms with van der Waals surface area (Å²) in [4.78, 5) is 22.6. The number of carbonyl (C=O) groups excluding carboxylic acids is 2. The van der Waals surface area contributed by atoms with Gasteiger partial charge in [-0.3, -0.25) is 0 Å². The first-order valence-corrected chi connectivity index (χ1v) is 5.35. The molecule has 0 fully saturated rings. The molecule has 6 heteroatoms. The molecule has 0 aliphatic heterocycles. The maximum Gasteiger partial charge on any atom is 0.354 e. The lowest BCUT2D eigenvalue weighted by atomic mass is 10.3. The summed E-state index contributed by atoms with van der Waals surface area (Å²) in [7, 11) is 2.43. The third-order valence-corrected chi connectivity index (χ3v) is 2.21. The molecule has 0 spiro atoms. The van der Waals surface area contributed by atoms with Crippen LogP contribution < -0.4 is 5.32 Å². The van der Waals surface area contributed by atoms with Gasteiger partial charge in [0.2, 0.25) is 0 Å². The zero-order valence-electron chi connectivity index (χ0n) is 9.90. The molecule has 1 aromatic rings. The Hall–Kier alpha value is -2.01. The van der Waals surface area contributed by atoms with Crippen molar-refractivity contribution in [2.24, 2.45) is 0 Å². The maximum absolute atomic E-state index is 11.5. The molecule has 1 N–H and O–H groups in total. The summed E-state index contributed by atoms with van der Waals surface area (Å²) in [5.74, 6) is -1.34. The van der Waals surface area contributed by atoms with Crippen molar-refractivity contribution in [1.29, 1.82) is 0 Å². The monoisotopic (exact) mass is 269 g/mol. The van der Waals surface area contributed by atoms with E-state index in [1.807, 2.05) is 0 Å². The lowest BCUT2D eigenvalue weighted by molar-refractivity contribution is -0.138. The van der Waals surface area contributed by atoms with Crippen molar-refractivity contribution in [2.45, 2.75) is 0 Å². The highest BCUT2D eigenvalue weighted by atomic mass is 35.5. The summed E-state index contributed by atoms with van der Waals surface area (Å²) in [6, 6.07) is 6.70. The number of rotatable bonds is 4. The van der Waals surface area contributed by atoms with Crippen LogP contribution in [0, 0.1) is 0 Å². The van der Waals surface area contributed by atoms with Crippen molar-refractivity contribution in [1.82, 2.24) is 0 Å². The van der Waals surface area contributed by atoms with Crippen molar-refractivity contribution in [3.05, 3.63) is 41.1 Å². The number of hydrogen-bond acceptors (Lipinski definition) is 5. The highest BCUT2D eigenvalue weighted by Gasteiger charge is 2.12. The number of ether oxygens (including phenoxy) is 2. The summed E-state index contributed by atoms with van der Waals surface area (Å²) in [5.41, 5.74) is 0.523. The number of hydrogen-bond donors (Lipinski definition) is 1. The van der Waals surface area contributed by atoms with Gasteiger partial charge in [0.1, 0.15) is 5.70 Å². The predicted molar refractivity (Wildman–Crippen MR) is 67.2 cm³/mol. The van der Waals surface area contributed by atoms with E-state index in [0.29, 0.717) is 10.7 Å². The Morgan fingerprint density at radius 3 is 2.56 bits per heavy atom. The summed E-state index contributed by atoms with van der Waals surface area (Å²) in [5, 5.41) is 3.24. The molecule has 0 atom stereocenters. The van der Waals surface area contributed by atoms with Gasteiger partial charge in [-0.1, -0.05) is 17.7 Å². The van der Waals surface area contributed by atoms with Crippen LogP contribution in [0.5, 0.6) is 0 Å². The van der Waals surface area contributed by atoms with E-state index in [4.69, 9.17) is 11.6 Å². The number of esters is 2. The molecule has 0 aliphatic rings. The van der Waals surface area contributed by atoms with Crippen LogP contribution in [0.15, 0.2) is 36.0 Å². The van der Waals surface area contributed by atoms with E-state index in [1.54, 1.807) is 24.3 Å². The molecule has 0 heterocycles. The van der Waals surface area contributed by atoms with Crippen molar-refractivity contribution in [3.63, 3.8) is 0 Å². The van der Waals surface area contributed by atoms with Crippen molar-refractivity contribution in [2.75, 3.05) is 19.5 Å². The van der Waals surface area contributed by atoms with Gasteiger partial charge in [-0.25, -0.2) is 9.59 Å². The maximum atomic E-state index is 11.5. The zero-order valence-corrected chi connectivity index (χ0v) is 10.7.